The fourth-order valence-electron chi connectivity index (χ4n) is 2.52. The molecule has 0 bridgehead atoms. The van der Waals surface area contributed by atoms with Crippen molar-refractivity contribution in [1.29, 1.82) is 0 Å². The van der Waals surface area contributed by atoms with Crippen molar-refractivity contribution in [3.63, 3.8) is 0 Å². The standard InChI is InChI=1S/C15H21N3O4S/c1-11(19)18-9-6-12-10-13(4-5-14(12)18)15(20)16-7-3-8-17-23(2,21)22/h4-5,10,17H,3,6-9H2,1-2H3,(H,16,20). The Bertz CT molecular complexity index is 715. The Balaban J connectivity index is 1.88. The molecule has 0 spiro atoms. The number of benzene rings is 1. The van der Waals surface area contributed by atoms with E-state index in [9.17, 15) is 18.0 Å². The van der Waals surface area contributed by atoms with Gasteiger partial charge in [-0.05, 0) is 36.6 Å². The summed E-state index contributed by atoms with van der Waals surface area (Å²) in [5, 5.41) is 2.76. The van der Waals surface area contributed by atoms with Crippen LogP contribution in [0.3, 0.4) is 0 Å². The molecule has 1 aromatic carbocycles. The van der Waals surface area contributed by atoms with Crippen LogP contribution in [0.15, 0.2) is 18.2 Å². The van der Waals surface area contributed by atoms with Crippen LogP contribution < -0.4 is 14.9 Å². The van der Waals surface area contributed by atoms with Crippen molar-refractivity contribution in [1.82, 2.24) is 10.0 Å². The zero-order valence-corrected chi connectivity index (χ0v) is 14.1. The summed E-state index contributed by atoms with van der Waals surface area (Å²) in [5.74, 6) is -0.201. The monoisotopic (exact) mass is 339 g/mol. The van der Waals surface area contributed by atoms with E-state index in [1.807, 2.05) is 6.07 Å². The lowest BCUT2D eigenvalue weighted by Crippen LogP contribution is -2.29. The number of nitrogens with zero attached hydrogens (tertiary/aromatic N) is 1. The summed E-state index contributed by atoms with van der Waals surface area (Å²) in [7, 11) is -3.19. The average Bonchev–Trinajstić information content (AvgIpc) is 2.88. The Labute approximate surface area is 136 Å². The van der Waals surface area contributed by atoms with Crippen LogP contribution in [-0.2, 0) is 21.2 Å². The zero-order valence-electron chi connectivity index (χ0n) is 13.3. The summed E-state index contributed by atoms with van der Waals surface area (Å²) in [6, 6.07) is 5.30. The molecule has 2 rings (SSSR count). The highest BCUT2D eigenvalue weighted by Gasteiger charge is 2.22. The number of rotatable bonds is 6. The van der Waals surface area contributed by atoms with E-state index in [4.69, 9.17) is 0 Å². The summed E-state index contributed by atoms with van der Waals surface area (Å²) >= 11 is 0. The van der Waals surface area contributed by atoms with Gasteiger partial charge < -0.3 is 10.2 Å². The molecule has 0 fully saturated rings. The molecule has 0 saturated carbocycles. The summed E-state index contributed by atoms with van der Waals surface area (Å²) in [5.41, 5.74) is 2.41. The minimum Gasteiger partial charge on any atom is -0.352 e. The van der Waals surface area contributed by atoms with Gasteiger partial charge in [0, 0.05) is 37.8 Å². The lowest BCUT2D eigenvalue weighted by Gasteiger charge is -2.14. The zero-order chi connectivity index (χ0) is 17.0. The second-order valence-electron chi connectivity index (χ2n) is 5.54. The van der Waals surface area contributed by atoms with Crippen LogP contribution in [0, 0.1) is 0 Å². The minimum absolute atomic E-state index is 0.000622. The summed E-state index contributed by atoms with van der Waals surface area (Å²) in [6.07, 6.45) is 2.36. The number of carbonyl (C=O) groups is 2. The molecule has 0 unspecified atom stereocenters. The van der Waals surface area contributed by atoms with Crippen LogP contribution in [0.25, 0.3) is 0 Å². The van der Waals surface area contributed by atoms with Crippen molar-refractivity contribution in [2.45, 2.75) is 19.8 Å². The first-order valence-electron chi connectivity index (χ1n) is 7.42. The fourth-order valence-corrected chi connectivity index (χ4v) is 3.04. The molecule has 126 valence electrons. The number of fused-ring (bicyclic) bond motifs is 1. The Morgan fingerprint density at radius 2 is 2.00 bits per heavy atom. The van der Waals surface area contributed by atoms with Gasteiger partial charge in [-0.3, -0.25) is 9.59 Å². The topological polar surface area (TPSA) is 95.6 Å². The number of sulfonamides is 1. The number of amides is 2. The van der Waals surface area contributed by atoms with Gasteiger partial charge in [-0.2, -0.15) is 0 Å². The van der Waals surface area contributed by atoms with Crippen molar-refractivity contribution in [2.75, 3.05) is 30.8 Å². The fraction of sp³-hybridized carbons (Fsp3) is 0.467. The summed E-state index contributed by atoms with van der Waals surface area (Å²) in [6.45, 7) is 2.85. The van der Waals surface area contributed by atoms with Crippen molar-refractivity contribution in [3.05, 3.63) is 29.3 Å². The van der Waals surface area contributed by atoms with Crippen molar-refractivity contribution >= 4 is 27.5 Å². The molecule has 0 atom stereocenters. The van der Waals surface area contributed by atoms with E-state index in [1.54, 1.807) is 17.0 Å². The van der Waals surface area contributed by atoms with E-state index < -0.39 is 10.0 Å². The van der Waals surface area contributed by atoms with Gasteiger partial charge in [0.25, 0.3) is 5.91 Å². The molecule has 1 aliphatic heterocycles. The predicted molar refractivity (Wildman–Crippen MR) is 88.0 cm³/mol. The van der Waals surface area contributed by atoms with E-state index in [1.165, 1.54) is 6.92 Å². The van der Waals surface area contributed by atoms with Gasteiger partial charge >= 0.3 is 0 Å². The van der Waals surface area contributed by atoms with Crippen molar-refractivity contribution in [2.24, 2.45) is 0 Å². The molecule has 1 heterocycles. The van der Waals surface area contributed by atoms with E-state index in [2.05, 4.69) is 10.0 Å². The van der Waals surface area contributed by atoms with Crippen LogP contribution in [-0.4, -0.2) is 46.1 Å². The molecule has 2 amide bonds. The minimum atomic E-state index is -3.19. The molecule has 1 aliphatic rings. The van der Waals surface area contributed by atoms with Gasteiger partial charge in [-0.25, -0.2) is 13.1 Å². The lowest BCUT2D eigenvalue weighted by atomic mass is 10.1. The molecule has 7 nitrogen and oxygen atoms in total. The van der Waals surface area contributed by atoms with Crippen LogP contribution in [0.1, 0.15) is 29.3 Å². The molecular formula is C15H21N3O4S. The van der Waals surface area contributed by atoms with E-state index >= 15 is 0 Å². The first-order valence-corrected chi connectivity index (χ1v) is 9.31. The van der Waals surface area contributed by atoms with Gasteiger partial charge in [0.15, 0.2) is 0 Å². The Morgan fingerprint density at radius 3 is 2.65 bits per heavy atom. The maximum atomic E-state index is 12.1. The molecule has 2 N–H and O–H groups in total. The second kappa shape index (κ2) is 7.10. The number of carbonyl (C=O) groups excluding carboxylic acids is 2. The molecule has 1 aromatic rings. The first kappa shape index (κ1) is 17.4. The molecule has 0 saturated heterocycles. The van der Waals surface area contributed by atoms with E-state index in [0.29, 0.717) is 25.1 Å². The maximum absolute atomic E-state index is 12.1. The molecule has 0 aromatic heterocycles. The summed E-state index contributed by atoms with van der Waals surface area (Å²) < 4.78 is 24.2. The average molecular weight is 339 g/mol. The molecule has 23 heavy (non-hydrogen) atoms. The highest BCUT2D eigenvalue weighted by atomic mass is 32.2. The highest BCUT2D eigenvalue weighted by Crippen LogP contribution is 2.28. The van der Waals surface area contributed by atoms with Crippen molar-refractivity contribution < 1.29 is 18.0 Å². The number of anilines is 1. The summed E-state index contributed by atoms with van der Waals surface area (Å²) in [4.78, 5) is 25.3. The van der Waals surface area contributed by atoms with Crippen LogP contribution in [0.2, 0.25) is 0 Å². The number of hydrogen-bond acceptors (Lipinski definition) is 4. The van der Waals surface area contributed by atoms with E-state index in [0.717, 1.165) is 23.9 Å². The largest absolute Gasteiger partial charge is 0.352 e. The van der Waals surface area contributed by atoms with E-state index in [-0.39, 0.29) is 18.4 Å². The Hall–Kier alpha value is -1.93. The quantitative estimate of drug-likeness (QED) is 0.727. The number of hydrogen-bond donors (Lipinski definition) is 2. The predicted octanol–water partition coefficient (Wildman–Crippen LogP) is 0.265. The van der Waals surface area contributed by atoms with Crippen LogP contribution in [0.4, 0.5) is 5.69 Å². The molecular weight excluding hydrogens is 318 g/mol. The molecule has 0 aliphatic carbocycles. The molecule has 0 radical (unpaired) electrons. The maximum Gasteiger partial charge on any atom is 0.251 e. The SMILES string of the molecule is CC(=O)N1CCc2cc(C(=O)NCCCNS(C)(=O)=O)ccc21. The van der Waals surface area contributed by atoms with Gasteiger partial charge in [-0.1, -0.05) is 0 Å². The second-order valence-corrected chi connectivity index (χ2v) is 7.37. The van der Waals surface area contributed by atoms with Crippen LogP contribution >= 0.6 is 0 Å². The highest BCUT2D eigenvalue weighted by molar-refractivity contribution is 7.88. The normalized spacial score (nSPS) is 13.7. The molecule has 8 heteroatoms. The Morgan fingerprint density at radius 1 is 1.26 bits per heavy atom. The van der Waals surface area contributed by atoms with Gasteiger partial charge in [-0.15, -0.1) is 0 Å². The third-order valence-corrected chi connectivity index (χ3v) is 4.35. The van der Waals surface area contributed by atoms with Gasteiger partial charge in [0.1, 0.15) is 0 Å². The third-order valence-electron chi connectivity index (χ3n) is 3.62. The third kappa shape index (κ3) is 4.77. The smallest absolute Gasteiger partial charge is 0.251 e. The lowest BCUT2D eigenvalue weighted by molar-refractivity contribution is -0.116. The number of nitrogens with one attached hydrogen (secondary N) is 2. The van der Waals surface area contributed by atoms with Gasteiger partial charge in [0.2, 0.25) is 15.9 Å². The van der Waals surface area contributed by atoms with Crippen molar-refractivity contribution in [3.8, 4) is 0 Å². The first-order chi connectivity index (χ1) is 10.8. The van der Waals surface area contributed by atoms with Crippen LogP contribution in [0.5, 0.6) is 0 Å². The van der Waals surface area contributed by atoms with Gasteiger partial charge in [0.05, 0.1) is 6.26 Å². The Kier molecular flexibility index (Phi) is 5.38.